The van der Waals surface area contributed by atoms with Crippen LogP contribution in [0.1, 0.15) is 51.9 Å². The third kappa shape index (κ3) is 3.14. The first-order valence-electron chi connectivity index (χ1n) is 8.53. The summed E-state index contributed by atoms with van der Waals surface area (Å²) in [5.41, 5.74) is 0.441. The van der Waals surface area contributed by atoms with Gasteiger partial charge in [0, 0.05) is 24.7 Å². The van der Waals surface area contributed by atoms with Crippen molar-refractivity contribution < 1.29 is 0 Å². The molecule has 1 N–H and O–H groups in total. The highest BCUT2D eigenvalue weighted by Crippen LogP contribution is 2.27. The molecule has 3 saturated heterocycles. The average molecular weight is 265 g/mol. The Kier molecular flexibility index (Phi) is 4.45. The lowest BCUT2D eigenvalue weighted by molar-refractivity contribution is 0.152. The molecule has 0 aromatic carbocycles. The van der Waals surface area contributed by atoms with Crippen LogP contribution in [0.25, 0.3) is 0 Å². The minimum absolute atomic E-state index is 0.441. The fourth-order valence-corrected chi connectivity index (χ4v) is 4.38. The van der Waals surface area contributed by atoms with Crippen molar-refractivity contribution in [3.63, 3.8) is 0 Å². The van der Waals surface area contributed by atoms with E-state index < -0.39 is 0 Å². The number of piperidine rings is 1. The van der Waals surface area contributed by atoms with Gasteiger partial charge in [0.15, 0.2) is 0 Å². The molecule has 3 heteroatoms. The molecule has 0 bridgehead atoms. The number of nitrogens with zero attached hydrogens (tertiary/aromatic N) is 2. The third-order valence-electron chi connectivity index (χ3n) is 5.69. The summed E-state index contributed by atoms with van der Waals surface area (Å²) < 4.78 is 0. The van der Waals surface area contributed by atoms with Gasteiger partial charge < -0.3 is 5.32 Å². The Morgan fingerprint density at radius 2 is 1.95 bits per heavy atom. The van der Waals surface area contributed by atoms with E-state index in [-0.39, 0.29) is 0 Å². The highest BCUT2D eigenvalue weighted by molar-refractivity contribution is 4.97. The van der Waals surface area contributed by atoms with E-state index in [4.69, 9.17) is 0 Å². The average Bonchev–Trinajstić information content (AvgIpc) is 3.10. The van der Waals surface area contributed by atoms with E-state index in [1.165, 1.54) is 84.2 Å². The summed E-state index contributed by atoms with van der Waals surface area (Å²) in [6.45, 7) is 10.2. The van der Waals surface area contributed by atoms with Gasteiger partial charge in [-0.15, -0.1) is 0 Å². The lowest BCUT2D eigenvalue weighted by Gasteiger charge is -2.35. The zero-order valence-corrected chi connectivity index (χ0v) is 12.7. The van der Waals surface area contributed by atoms with Crippen molar-refractivity contribution in [3.8, 4) is 0 Å². The number of hydrogen-bond donors (Lipinski definition) is 1. The van der Waals surface area contributed by atoms with E-state index in [1.54, 1.807) is 0 Å². The van der Waals surface area contributed by atoms with E-state index in [0.29, 0.717) is 5.54 Å². The summed E-state index contributed by atoms with van der Waals surface area (Å²) in [5.74, 6) is 0. The van der Waals surface area contributed by atoms with Gasteiger partial charge in [0.05, 0.1) is 0 Å². The Labute approximate surface area is 118 Å². The maximum absolute atomic E-state index is 3.79. The van der Waals surface area contributed by atoms with Crippen molar-refractivity contribution in [2.45, 2.75) is 63.5 Å². The van der Waals surface area contributed by atoms with E-state index >= 15 is 0 Å². The van der Waals surface area contributed by atoms with Gasteiger partial charge in [0.25, 0.3) is 0 Å². The fourth-order valence-electron chi connectivity index (χ4n) is 4.38. The molecule has 3 heterocycles. The minimum atomic E-state index is 0.441. The molecule has 3 aliphatic rings. The minimum Gasteiger partial charge on any atom is -0.310 e. The zero-order valence-electron chi connectivity index (χ0n) is 12.7. The van der Waals surface area contributed by atoms with Crippen LogP contribution in [0.4, 0.5) is 0 Å². The SMILES string of the molecule is CCC1(CN2CCC(N3CCCCC3)C2)CCCN1. The van der Waals surface area contributed by atoms with Gasteiger partial charge in [0.2, 0.25) is 0 Å². The van der Waals surface area contributed by atoms with Gasteiger partial charge in [-0.25, -0.2) is 0 Å². The topological polar surface area (TPSA) is 18.5 Å². The first kappa shape index (κ1) is 13.8. The van der Waals surface area contributed by atoms with E-state index in [0.717, 1.165) is 6.04 Å². The second-order valence-electron chi connectivity index (χ2n) is 6.94. The second-order valence-corrected chi connectivity index (χ2v) is 6.94. The molecule has 3 nitrogen and oxygen atoms in total. The Bertz CT molecular complexity index is 280. The van der Waals surface area contributed by atoms with Crippen LogP contribution in [0.3, 0.4) is 0 Å². The van der Waals surface area contributed by atoms with Crippen LogP contribution in [0.5, 0.6) is 0 Å². The summed E-state index contributed by atoms with van der Waals surface area (Å²) >= 11 is 0. The van der Waals surface area contributed by atoms with Crippen LogP contribution in [0.2, 0.25) is 0 Å². The van der Waals surface area contributed by atoms with Crippen LogP contribution in [-0.4, -0.2) is 60.6 Å². The van der Waals surface area contributed by atoms with Gasteiger partial charge in [-0.05, 0) is 64.7 Å². The second kappa shape index (κ2) is 6.11. The van der Waals surface area contributed by atoms with Crippen molar-refractivity contribution >= 4 is 0 Å². The van der Waals surface area contributed by atoms with Gasteiger partial charge in [0.1, 0.15) is 0 Å². The van der Waals surface area contributed by atoms with E-state index in [2.05, 4.69) is 22.0 Å². The molecule has 0 saturated carbocycles. The molecule has 3 rings (SSSR count). The number of rotatable bonds is 4. The highest BCUT2D eigenvalue weighted by atomic mass is 15.3. The maximum Gasteiger partial charge on any atom is 0.0306 e. The lowest BCUT2D eigenvalue weighted by Crippen LogP contribution is -2.49. The van der Waals surface area contributed by atoms with Crippen LogP contribution in [-0.2, 0) is 0 Å². The monoisotopic (exact) mass is 265 g/mol. The smallest absolute Gasteiger partial charge is 0.0306 e. The maximum atomic E-state index is 3.79. The molecule has 3 fully saturated rings. The third-order valence-corrected chi connectivity index (χ3v) is 5.69. The van der Waals surface area contributed by atoms with Gasteiger partial charge >= 0.3 is 0 Å². The van der Waals surface area contributed by atoms with E-state index in [9.17, 15) is 0 Å². The van der Waals surface area contributed by atoms with Gasteiger partial charge in [-0.3, -0.25) is 9.80 Å². The number of hydrogen-bond acceptors (Lipinski definition) is 3. The highest BCUT2D eigenvalue weighted by Gasteiger charge is 2.36. The molecule has 19 heavy (non-hydrogen) atoms. The van der Waals surface area contributed by atoms with Gasteiger partial charge in [-0.2, -0.15) is 0 Å². The quantitative estimate of drug-likeness (QED) is 0.839. The van der Waals surface area contributed by atoms with Crippen molar-refractivity contribution in [2.75, 3.05) is 39.3 Å². The van der Waals surface area contributed by atoms with Gasteiger partial charge in [-0.1, -0.05) is 13.3 Å². The molecule has 0 radical (unpaired) electrons. The van der Waals surface area contributed by atoms with Crippen molar-refractivity contribution in [1.29, 1.82) is 0 Å². The van der Waals surface area contributed by atoms with E-state index in [1.807, 2.05) is 0 Å². The first-order valence-corrected chi connectivity index (χ1v) is 8.53. The zero-order chi connectivity index (χ0) is 13.1. The molecule has 110 valence electrons. The Morgan fingerprint density at radius 3 is 2.63 bits per heavy atom. The molecular formula is C16H31N3. The summed E-state index contributed by atoms with van der Waals surface area (Å²) in [4.78, 5) is 5.51. The number of nitrogens with one attached hydrogen (secondary N) is 1. The molecule has 0 spiro atoms. The van der Waals surface area contributed by atoms with Crippen molar-refractivity contribution in [2.24, 2.45) is 0 Å². The molecule has 2 atom stereocenters. The summed E-state index contributed by atoms with van der Waals surface area (Å²) in [7, 11) is 0. The van der Waals surface area contributed by atoms with Crippen LogP contribution in [0.15, 0.2) is 0 Å². The van der Waals surface area contributed by atoms with Crippen LogP contribution < -0.4 is 5.32 Å². The molecule has 0 aromatic rings. The molecule has 0 amide bonds. The Balaban J connectivity index is 1.51. The molecule has 3 aliphatic heterocycles. The van der Waals surface area contributed by atoms with Crippen molar-refractivity contribution in [1.82, 2.24) is 15.1 Å². The largest absolute Gasteiger partial charge is 0.310 e. The predicted molar refractivity (Wildman–Crippen MR) is 80.5 cm³/mol. The first-order chi connectivity index (χ1) is 9.31. The van der Waals surface area contributed by atoms with Crippen molar-refractivity contribution in [3.05, 3.63) is 0 Å². The molecular weight excluding hydrogens is 234 g/mol. The summed E-state index contributed by atoms with van der Waals surface area (Å²) in [6, 6.07) is 0.857. The fraction of sp³-hybridized carbons (Fsp3) is 1.00. The normalized spacial score (nSPS) is 38.1. The summed E-state index contributed by atoms with van der Waals surface area (Å²) in [6.07, 6.45) is 9.76. The Hall–Kier alpha value is -0.120. The van der Waals surface area contributed by atoms with Crippen LogP contribution in [0, 0.1) is 0 Å². The lowest BCUT2D eigenvalue weighted by atomic mass is 9.93. The molecule has 0 aliphatic carbocycles. The predicted octanol–water partition coefficient (Wildman–Crippen LogP) is 2.08. The van der Waals surface area contributed by atoms with Crippen LogP contribution >= 0.6 is 0 Å². The molecule has 0 aromatic heterocycles. The standard InChI is InChI=1S/C16H31N3/c1-2-16(8-6-9-17-16)14-18-12-7-15(13-18)19-10-4-3-5-11-19/h15,17H,2-14H2,1H3. The number of likely N-dealkylation sites (tertiary alicyclic amines) is 2. The Morgan fingerprint density at radius 1 is 1.11 bits per heavy atom. The summed E-state index contributed by atoms with van der Waals surface area (Å²) in [5, 5.41) is 3.79. The molecule has 2 unspecified atom stereocenters.